The van der Waals surface area contributed by atoms with Crippen LogP contribution in [0.4, 0.5) is 5.69 Å². The molecule has 0 aromatic carbocycles. The molecule has 1 fully saturated rings. The summed E-state index contributed by atoms with van der Waals surface area (Å²) >= 11 is 0. The summed E-state index contributed by atoms with van der Waals surface area (Å²) in [6.45, 7) is 2.61. The summed E-state index contributed by atoms with van der Waals surface area (Å²) in [5, 5.41) is 6.13. The number of nitrogens with one attached hydrogen (secondary N) is 1. The summed E-state index contributed by atoms with van der Waals surface area (Å²) < 4.78 is 0. The lowest BCUT2D eigenvalue weighted by Gasteiger charge is -2.16. The number of nitrogens with zero attached hydrogens (tertiary/aromatic N) is 2. The Labute approximate surface area is 94.1 Å². The van der Waals surface area contributed by atoms with Crippen LogP contribution in [0.2, 0.25) is 0 Å². The zero-order valence-corrected chi connectivity index (χ0v) is 9.17. The Balaban J connectivity index is 0.00000112. The van der Waals surface area contributed by atoms with Crippen LogP contribution in [0.15, 0.2) is 17.1 Å². The normalized spacial score (nSPS) is 20.1. The van der Waals surface area contributed by atoms with Crippen molar-refractivity contribution < 1.29 is 0 Å². The lowest BCUT2D eigenvalue weighted by atomic mass is 10.1. The maximum atomic E-state index is 11.0. The molecule has 1 unspecified atom stereocenters. The van der Waals surface area contributed by atoms with Crippen LogP contribution >= 0.6 is 12.4 Å². The van der Waals surface area contributed by atoms with Crippen molar-refractivity contribution in [1.82, 2.24) is 10.2 Å². The quantitative estimate of drug-likeness (QED) is 0.749. The second-order valence-electron chi connectivity index (χ2n) is 3.64. The fourth-order valence-electron chi connectivity index (χ4n) is 1.80. The molecule has 2 rings (SSSR count). The van der Waals surface area contributed by atoms with Crippen LogP contribution < -0.4 is 16.2 Å². The Morgan fingerprint density at radius 3 is 3.07 bits per heavy atom. The number of hydrogen-bond acceptors (Lipinski definition) is 4. The van der Waals surface area contributed by atoms with Crippen LogP contribution in [-0.4, -0.2) is 29.8 Å². The summed E-state index contributed by atoms with van der Waals surface area (Å²) in [5.74, 6) is 0.550. The van der Waals surface area contributed by atoms with Gasteiger partial charge in [-0.15, -0.1) is 12.4 Å². The molecule has 0 radical (unpaired) electrons. The smallest absolute Gasteiger partial charge is 0.266 e. The molecule has 0 aliphatic carbocycles. The second kappa shape index (κ2) is 5.14. The molecule has 5 nitrogen and oxygen atoms in total. The van der Waals surface area contributed by atoms with Gasteiger partial charge in [0, 0.05) is 19.2 Å². The summed E-state index contributed by atoms with van der Waals surface area (Å²) in [4.78, 5) is 13.2. The molecule has 1 saturated heterocycles. The minimum atomic E-state index is -0.154. The standard InChI is InChI=1S/C9H14N4O.ClH/c10-4-7-1-2-13(6-7)8-3-9(14)12-11-5-8;/h3,5,7H,1-2,4,6,10H2,(H,12,14);1H. The largest absolute Gasteiger partial charge is 0.370 e. The molecule has 2 heterocycles. The molecular weight excluding hydrogens is 216 g/mol. The van der Waals surface area contributed by atoms with Gasteiger partial charge in [-0.05, 0) is 18.9 Å². The van der Waals surface area contributed by atoms with E-state index < -0.39 is 0 Å². The molecule has 1 aromatic heterocycles. The van der Waals surface area contributed by atoms with Crippen LogP contribution in [0.25, 0.3) is 0 Å². The molecule has 1 aromatic rings. The van der Waals surface area contributed by atoms with Crippen molar-refractivity contribution in [2.75, 3.05) is 24.5 Å². The van der Waals surface area contributed by atoms with E-state index in [2.05, 4.69) is 15.1 Å². The van der Waals surface area contributed by atoms with Crippen molar-refractivity contribution in [3.05, 3.63) is 22.6 Å². The first-order valence-electron chi connectivity index (χ1n) is 4.79. The van der Waals surface area contributed by atoms with Gasteiger partial charge in [-0.3, -0.25) is 4.79 Å². The topological polar surface area (TPSA) is 75.0 Å². The molecule has 15 heavy (non-hydrogen) atoms. The zero-order valence-electron chi connectivity index (χ0n) is 8.35. The number of aromatic nitrogens is 2. The van der Waals surface area contributed by atoms with Gasteiger partial charge in [0.05, 0.1) is 11.9 Å². The van der Waals surface area contributed by atoms with E-state index in [1.807, 2.05) is 0 Å². The fourth-order valence-corrected chi connectivity index (χ4v) is 1.80. The van der Waals surface area contributed by atoms with Crippen LogP contribution in [0.1, 0.15) is 6.42 Å². The molecule has 1 aliphatic rings. The summed E-state index contributed by atoms with van der Waals surface area (Å²) in [5.41, 5.74) is 6.33. The van der Waals surface area contributed by atoms with Gasteiger partial charge in [0.25, 0.3) is 5.56 Å². The van der Waals surface area contributed by atoms with Gasteiger partial charge in [0.2, 0.25) is 0 Å². The Hall–Kier alpha value is -1.07. The minimum Gasteiger partial charge on any atom is -0.370 e. The number of hydrogen-bond donors (Lipinski definition) is 2. The van der Waals surface area contributed by atoms with Crippen molar-refractivity contribution in [1.29, 1.82) is 0 Å². The van der Waals surface area contributed by atoms with Crippen molar-refractivity contribution in [2.24, 2.45) is 11.7 Å². The van der Waals surface area contributed by atoms with E-state index in [9.17, 15) is 4.79 Å². The number of aromatic amines is 1. The van der Waals surface area contributed by atoms with E-state index in [1.165, 1.54) is 0 Å². The highest BCUT2D eigenvalue weighted by Crippen LogP contribution is 2.20. The lowest BCUT2D eigenvalue weighted by Crippen LogP contribution is -2.24. The maximum absolute atomic E-state index is 11.0. The van der Waals surface area contributed by atoms with Crippen molar-refractivity contribution >= 4 is 18.1 Å². The molecular formula is C9H15ClN4O. The molecule has 0 bridgehead atoms. The van der Waals surface area contributed by atoms with Crippen LogP contribution in [0.5, 0.6) is 0 Å². The second-order valence-corrected chi connectivity index (χ2v) is 3.64. The van der Waals surface area contributed by atoms with Gasteiger partial charge in [-0.2, -0.15) is 5.10 Å². The first-order chi connectivity index (χ1) is 6.79. The van der Waals surface area contributed by atoms with E-state index in [1.54, 1.807) is 12.3 Å². The predicted octanol–water partition coefficient (Wildman–Crippen LogP) is -0.0233. The van der Waals surface area contributed by atoms with Crippen molar-refractivity contribution in [2.45, 2.75) is 6.42 Å². The summed E-state index contributed by atoms with van der Waals surface area (Å²) in [6, 6.07) is 1.58. The number of halogens is 1. The maximum Gasteiger partial charge on any atom is 0.266 e. The van der Waals surface area contributed by atoms with E-state index >= 15 is 0 Å². The Bertz CT molecular complexity index is 367. The molecule has 0 spiro atoms. The summed E-state index contributed by atoms with van der Waals surface area (Å²) in [6.07, 6.45) is 2.78. The van der Waals surface area contributed by atoms with Gasteiger partial charge in [-0.25, -0.2) is 5.10 Å². The lowest BCUT2D eigenvalue weighted by molar-refractivity contribution is 0.602. The van der Waals surface area contributed by atoms with Gasteiger partial charge in [-0.1, -0.05) is 0 Å². The first-order valence-corrected chi connectivity index (χ1v) is 4.79. The number of anilines is 1. The third-order valence-electron chi connectivity index (χ3n) is 2.63. The van der Waals surface area contributed by atoms with Crippen molar-refractivity contribution in [3.63, 3.8) is 0 Å². The SMILES string of the molecule is Cl.NCC1CCN(c2cn[nH]c(=O)c2)C1. The number of nitrogens with two attached hydrogens (primary N) is 1. The van der Waals surface area contributed by atoms with E-state index in [0.29, 0.717) is 12.5 Å². The average Bonchev–Trinajstić information content (AvgIpc) is 2.66. The monoisotopic (exact) mass is 230 g/mol. The van der Waals surface area contributed by atoms with E-state index in [-0.39, 0.29) is 18.0 Å². The zero-order chi connectivity index (χ0) is 9.97. The fraction of sp³-hybridized carbons (Fsp3) is 0.556. The number of rotatable bonds is 2. The van der Waals surface area contributed by atoms with Gasteiger partial charge in [0.15, 0.2) is 0 Å². The minimum absolute atomic E-state index is 0. The molecule has 3 N–H and O–H groups in total. The molecule has 1 aliphatic heterocycles. The average molecular weight is 231 g/mol. The van der Waals surface area contributed by atoms with Gasteiger partial charge < -0.3 is 10.6 Å². The molecule has 6 heteroatoms. The highest BCUT2D eigenvalue weighted by Gasteiger charge is 2.21. The Kier molecular flexibility index (Phi) is 4.11. The van der Waals surface area contributed by atoms with E-state index in [4.69, 9.17) is 5.73 Å². The van der Waals surface area contributed by atoms with Gasteiger partial charge >= 0.3 is 0 Å². The highest BCUT2D eigenvalue weighted by atomic mass is 35.5. The van der Waals surface area contributed by atoms with Crippen LogP contribution in [0, 0.1) is 5.92 Å². The number of H-pyrrole nitrogens is 1. The van der Waals surface area contributed by atoms with Crippen molar-refractivity contribution in [3.8, 4) is 0 Å². The Morgan fingerprint density at radius 2 is 2.47 bits per heavy atom. The third kappa shape index (κ3) is 2.70. The molecule has 0 saturated carbocycles. The van der Waals surface area contributed by atoms with E-state index in [0.717, 1.165) is 25.2 Å². The third-order valence-corrected chi connectivity index (χ3v) is 2.63. The molecule has 1 atom stereocenters. The van der Waals surface area contributed by atoms with Gasteiger partial charge in [0.1, 0.15) is 0 Å². The first kappa shape index (κ1) is 12.0. The Morgan fingerprint density at radius 1 is 1.67 bits per heavy atom. The predicted molar refractivity (Wildman–Crippen MR) is 61.5 cm³/mol. The highest BCUT2D eigenvalue weighted by molar-refractivity contribution is 5.85. The molecule has 0 amide bonds. The van der Waals surface area contributed by atoms with Crippen LogP contribution in [0.3, 0.4) is 0 Å². The summed E-state index contributed by atoms with van der Waals surface area (Å²) in [7, 11) is 0. The molecule has 84 valence electrons. The van der Waals surface area contributed by atoms with Crippen LogP contribution in [-0.2, 0) is 0 Å².